The van der Waals surface area contributed by atoms with E-state index < -0.39 is 11.6 Å². The van der Waals surface area contributed by atoms with Crippen LogP contribution in [0.1, 0.15) is 30.7 Å². The molecule has 2 aromatic carbocycles. The van der Waals surface area contributed by atoms with E-state index in [4.69, 9.17) is 0 Å². The van der Waals surface area contributed by atoms with E-state index in [-0.39, 0.29) is 18.4 Å². The number of hydrazone groups is 1. The number of rotatable bonds is 2. The van der Waals surface area contributed by atoms with Gasteiger partial charge in [0.2, 0.25) is 5.91 Å². The topological polar surface area (TPSA) is 68.8 Å². The lowest BCUT2D eigenvalue weighted by atomic mass is 9.82. The summed E-state index contributed by atoms with van der Waals surface area (Å²) in [6.45, 7) is 3.96. The lowest BCUT2D eigenvalue weighted by Crippen LogP contribution is -2.66. The van der Waals surface area contributed by atoms with E-state index in [9.17, 15) is 9.59 Å². The molecule has 1 aromatic heterocycles. The molecule has 1 saturated heterocycles. The van der Waals surface area contributed by atoms with Gasteiger partial charge in [0.05, 0.1) is 11.8 Å². The van der Waals surface area contributed by atoms with Crippen LogP contribution in [0, 0.1) is 0 Å². The van der Waals surface area contributed by atoms with Crippen LogP contribution in [0.2, 0.25) is 0 Å². The van der Waals surface area contributed by atoms with Crippen molar-refractivity contribution in [2.45, 2.75) is 31.8 Å². The van der Waals surface area contributed by atoms with Gasteiger partial charge in [-0.2, -0.15) is 5.10 Å². The van der Waals surface area contributed by atoms with Crippen LogP contribution in [-0.4, -0.2) is 45.5 Å². The monoisotopic (exact) mass is 386 g/mol. The molecule has 0 saturated carbocycles. The minimum absolute atomic E-state index is 0.0440. The number of amides is 2. The number of aromatic nitrogens is 1. The molecule has 1 N–H and O–H groups in total. The van der Waals surface area contributed by atoms with Crippen LogP contribution in [0.4, 0.5) is 0 Å². The number of piperazine rings is 1. The van der Waals surface area contributed by atoms with Gasteiger partial charge in [0.25, 0.3) is 5.91 Å². The quantitative estimate of drug-likeness (QED) is 0.688. The molecule has 146 valence electrons. The second-order valence-electron chi connectivity index (χ2n) is 8.12. The summed E-state index contributed by atoms with van der Waals surface area (Å²) >= 11 is 0. The van der Waals surface area contributed by atoms with Crippen molar-refractivity contribution in [3.05, 3.63) is 71.4 Å². The van der Waals surface area contributed by atoms with Crippen molar-refractivity contribution < 1.29 is 9.59 Å². The molecular formula is C23H22N4O2. The smallest absolute Gasteiger partial charge is 0.266 e. The van der Waals surface area contributed by atoms with Crippen molar-refractivity contribution in [1.29, 1.82) is 0 Å². The van der Waals surface area contributed by atoms with Crippen LogP contribution in [0.25, 0.3) is 10.9 Å². The molecule has 1 atom stereocenters. The fourth-order valence-corrected chi connectivity index (χ4v) is 4.64. The van der Waals surface area contributed by atoms with E-state index in [1.165, 1.54) is 5.01 Å². The molecular weight excluding hydrogens is 364 g/mol. The van der Waals surface area contributed by atoms with Crippen molar-refractivity contribution in [2.24, 2.45) is 5.10 Å². The number of aromatic amines is 1. The zero-order valence-corrected chi connectivity index (χ0v) is 16.4. The Morgan fingerprint density at radius 1 is 1.07 bits per heavy atom. The van der Waals surface area contributed by atoms with Gasteiger partial charge in [0, 0.05) is 23.0 Å². The molecule has 29 heavy (non-hydrogen) atoms. The highest BCUT2D eigenvalue weighted by Gasteiger charge is 2.51. The number of nitrogens with one attached hydrogen (secondary N) is 1. The van der Waals surface area contributed by atoms with Crippen molar-refractivity contribution in [3.63, 3.8) is 0 Å². The summed E-state index contributed by atoms with van der Waals surface area (Å²) in [6, 6.07) is 17.1. The normalized spacial score (nSPS) is 21.0. The first-order chi connectivity index (χ1) is 14.0. The molecule has 0 bridgehead atoms. The van der Waals surface area contributed by atoms with E-state index in [2.05, 4.69) is 16.2 Å². The number of hydrogen-bond donors (Lipinski definition) is 1. The van der Waals surface area contributed by atoms with Crippen LogP contribution in [0.15, 0.2) is 59.7 Å². The van der Waals surface area contributed by atoms with E-state index >= 15 is 0 Å². The van der Waals surface area contributed by atoms with E-state index in [0.29, 0.717) is 6.42 Å². The van der Waals surface area contributed by atoms with Crippen LogP contribution in [0.5, 0.6) is 0 Å². The number of carbonyl (C=O) groups excluding carboxylic acids is 2. The molecule has 0 aliphatic carbocycles. The van der Waals surface area contributed by atoms with Crippen molar-refractivity contribution in [3.8, 4) is 0 Å². The largest absolute Gasteiger partial charge is 0.356 e. The standard InChI is InChI=1S/C23H22N4O2/c1-23(2)21-17(16-10-6-7-11-18(16)25-21)12-19-22(29)26(14-20(28)27(19)23)24-13-15-8-4-3-5-9-15/h3-11,13,19,25H,12,14H2,1-2H3/b24-13+/t19-/m0/s1. The predicted octanol–water partition coefficient (Wildman–Crippen LogP) is 3.03. The maximum Gasteiger partial charge on any atom is 0.266 e. The van der Waals surface area contributed by atoms with Crippen molar-refractivity contribution in [2.75, 3.05) is 6.54 Å². The lowest BCUT2D eigenvalue weighted by Gasteiger charge is -2.50. The molecule has 3 heterocycles. The molecule has 0 unspecified atom stereocenters. The van der Waals surface area contributed by atoms with Crippen molar-refractivity contribution in [1.82, 2.24) is 14.9 Å². The summed E-state index contributed by atoms with van der Waals surface area (Å²) in [7, 11) is 0. The van der Waals surface area contributed by atoms with Gasteiger partial charge in [0.1, 0.15) is 12.6 Å². The highest BCUT2D eigenvalue weighted by molar-refractivity contribution is 5.98. The molecule has 2 amide bonds. The highest BCUT2D eigenvalue weighted by atomic mass is 16.2. The summed E-state index contributed by atoms with van der Waals surface area (Å²) in [5, 5.41) is 6.76. The third-order valence-electron chi connectivity index (χ3n) is 5.98. The number of nitrogens with zero attached hydrogens (tertiary/aromatic N) is 3. The lowest BCUT2D eigenvalue weighted by molar-refractivity contribution is -0.163. The molecule has 2 aliphatic heterocycles. The predicted molar refractivity (Wildman–Crippen MR) is 111 cm³/mol. The van der Waals surface area contributed by atoms with Crippen LogP contribution in [-0.2, 0) is 21.5 Å². The van der Waals surface area contributed by atoms with Gasteiger partial charge < -0.3 is 9.88 Å². The second-order valence-corrected chi connectivity index (χ2v) is 8.12. The van der Waals surface area contributed by atoms with Gasteiger partial charge in [-0.25, -0.2) is 5.01 Å². The SMILES string of the molecule is CC1(C)c2[nH]c3ccccc3c2C[C@H]2C(=O)N(/N=C/c3ccccc3)CC(=O)N21. The van der Waals surface area contributed by atoms with Gasteiger partial charge in [-0.05, 0) is 31.0 Å². The third-order valence-corrected chi connectivity index (χ3v) is 5.98. The molecule has 3 aromatic rings. The van der Waals surface area contributed by atoms with E-state index in [1.54, 1.807) is 11.1 Å². The maximum atomic E-state index is 13.3. The fraction of sp³-hybridized carbons (Fsp3) is 0.261. The molecule has 0 radical (unpaired) electrons. The number of hydrogen-bond acceptors (Lipinski definition) is 3. The van der Waals surface area contributed by atoms with Gasteiger partial charge in [-0.15, -0.1) is 0 Å². The zero-order chi connectivity index (χ0) is 20.2. The van der Waals surface area contributed by atoms with Crippen molar-refractivity contribution >= 4 is 28.9 Å². The van der Waals surface area contributed by atoms with Crippen LogP contribution < -0.4 is 0 Å². The Morgan fingerprint density at radius 3 is 2.59 bits per heavy atom. The first-order valence-electron chi connectivity index (χ1n) is 9.79. The molecule has 0 spiro atoms. The fourth-order valence-electron chi connectivity index (χ4n) is 4.64. The summed E-state index contributed by atoms with van der Waals surface area (Å²) in [5.74, 6) is -0.227. The first-order valence-corrected chi connectivity index (χ1v) is 9.79. The number of carbonyl (C=O) groups is 2. The summed E-state index contributed by atoms with van der Waals surface area (Å²) in [4.78, 5) is 31.6. The number of benzene rings is 2. The average Bonchev–Trinajstić information content (AvgIpc) is 3.10. The molecule has 6 heteroatoms. The Kier molecular flexibility index (Phi) is 3.84. The highest BCUT2D eigenvalue weighted by Crippen LogP contribution is 2.42. The Balaban J connectivity index is 1.54. The van der Waals surface area contributed by atoms with Crippen LogP contribution in [0.3, 0.4) is 0 Å². The maximum absolute atomic E-state index is 13.3. The third kappa shape index (κ3) is 2.67. The average molecular weight is 386 g/mol. The molecule has 5 rings (SSSR count). The number of fused-ring (bicyclic) bond motifs is 4. The summed E-state index contributed by atoms with van der Waals surface area (Å²) < 4.78 is 0. The minimum Gasteiger partial charge on any atom is -0.356 e. The van der Waals surface area contributed by atoms with Gasteiger partial charge in [-0.3, -0.25) is 9.59 Å². The number of H-pyrrole nitrogens is 1. The molecule has 2 aliphatic rings. The Bertz CT molecular complexity index is 1150. The van der Waals surface area contributed by atoms with Gasteiger partial charge >= 0.3 is 0 Å². The first kappa shape index (κ1) is 17.7. The molecule has 1 fully saturated rings. The van der Waals surface area contributed by atoms with Gasteiger partial charge in [-0.1, -0.05) is 48.5 Å². The molecule has 6 nitrogen and oxygen atoms in total. The minimum atomic E-state index is -0.598. The Morgan fingerprint density at radius 2 is 1.79 bits per heavy atom. The Hall–Kier alpha value is -3.41. The summed E-state index contributed by atoms with van der Waals surface area (Å²) in [5.41, 5.74) is 3.45. The second kappa shape index (κ2) is 6.30. The van der Waals surface area contributed by atoms with Gasteiger partial charge in [0.15, 0.2) is 0 Å². The van der Waals surface area contributed by atoms with Crippen LogP contribution >= 0.6 is 0 Å². The number of para-hydroxylation sites is 1. The zero-order valence-electron chi connectivity index (χ0n) is 16.4. The van der Waals surface area contributed by atoms with E-state index in [0.717, 1.165) is 27.7 Å². The summed E-state index contributed by atoms with van der Waals surface area (Å²) in [6.07, 6.45) is 2.12. The Labute approximate surface area is 168 Å². The van der Waals surface area contributed by atoms with E-state index in [1.807, 2.05) is 62.4 Å².